The molecule has 0 heterocycles. The van der Waals surface area contributed by atoms with Crippen molar-refractivity contribution in [2.45, 2.75) is 25.9 Å². The summed E-state index contributed by atoms with van der Waals surface area (Å²) in [5.41, 5.74) is 2.16. The van der Waals surface area contributed by atoms with Crippen molar-refractivity contribution >= 4 is 11.8 Å². The molecule has 0 aliphatic rings. The molecule has 6 heteroatoms. The molecule has 172 valence electrons. The van der Waals surface area contributed by atoms with Crippen LogP contribution in [0.1, 0.15) is 34.8 Å². The largest absolute Gasteiger partial charge is 0.493 e. The molecule has 1 N–H and O–H groups in total. The Morgan fingerprint density at radius 1 is 0.788 bits per heavy atom. The van der Waals surface area contributed by atoms with Crippen LogP contribution in [-0.4, -0.2) is 42.8 Å². The van der Waals surface area contributed by atoms with Gasteiger partial charge in [-0.1, -0.05) is 42.5 Å². The molecule has 1 atom stereocenters. The van der Waals surface area contributed by atoms with E-state index in [-0.39, 0.29) is 5.78 Å². The lowest BCUT2D eigenvalue weighted by Crippen LogP contribution is -2.26. The van der Waals surface area contributed by atoms with Crippen LogP contribution in [0.15, 0.2) is 78.9 Å². The zero-order chi connectivity index (χ0) is 23.5. The lowest BCUT2D eigenvalue weighted by Gasteiger charge is -2.13. The summed E-state index contributed by atoms with van der Waals surface area (Å²) in [4.78, 5) is 23.6. The number of hydrogen-bond donors (Lipinski definition) is 1. The predicted molar refractivity (Wildman–Crippen MR) is 125 cm³/mol. The minimum absolute atomic E-state index is 0.0158. The van der Waals surface area contributed by atoms with Crippen LogP contribution in [0.4, 0.5) is 0 Å². The molecule has 3 rings (SSSR count). The maximum atomic E-state index is 12.4. The van der Waals surface area contributed by atoms with Gasteiger partial charge in [0.05, 0.1) is 13.2 Å². The quantitative estimate of drug-likeness (QED) is 0.299. The highest BCUT2D eigenvalue weighted by molar-refractivity contribution is 6.08. The number of rotatable bonds is 13. The highest BCUT2D eigenvalue weighted by Crippen LogP contribution is 2.17. The zero-order valence-electron chi connectivity index (χ0n) is 18.6. The minimum atomic E-state index is -0.963. The van der Waals surface area contributed by atoms with Gasteiger partial charge in [-0.15, -0.1) is 0 Å². The molecule has 0 aromatic heterocycles. The van der Waals surface area contributed by atoms with Crippen molar-refractivity contribution in [3.63, 3.8) is 0 Å². The number of aliphatic carboxylic acids is 1. The standard InChI is InChI=1S/C27H28O6/c1-2-31-25(27(29)30)19-20-9-13-23(14-10-20)32-17-6-18-33-24-15-11-22(12-16-24)26(28)21-7-4-3-5-8-21/h3-5,7-16,25H,2,6,17-19H2,1H3,(H,29,30). The summed E-state index contributed by atoms with van der Waals surface area (Å²) in [5.74, 6) is 0.435. The van der Waals surface area contributed by atoms with Crippen LogP contribution < -0.4 is 9.47 Å². The molecule has 0 fully saturated rings. The second kappa shape index (κ2) is 12.4. The van der Waals surface area contributed by atoms with Gasteiger partial charge in [0.25, 0.3) is 0 Å². The summed E-state index contributed by atoms with van der Waals surface area (Å²) in [5, 5.41) is 9.18. The Morgan fingerprint density at radius 3 is 1.88 bits per heavy atom. The van der Waals surface area contributed by atoms with Crippen LogP contribution in [0.5, 0.6) is 11.5 Å². The Bertz CT molecular complexity index is 1010. The zero-order valence-corrected chi connectivity index (χ0v) is 18.6. The van der Waals surface area contributed by atoms with E-state index in [1.165, 1.54) is 0 Å². The molecule has 3 aromatic carbocycles. The number of carboxylic acids is 1. The number of carboxylic acid groups (broad SMARTS) is 1. The van der Waals surface area contributed by atoms with Crippen LogP contribution in [0.25, 0.3) is 0 Å². The molecule has 33 heavy (non-hydrogen) atoms. The van der Waals surface area contributed by atoms with E-state index in [4.69, 9.17) is 14.2 Å². The highest BCUT2D eigenvalue weighted by atomic mass is 16.5. The summed E-state index contributed by atoms with van der Waals surface area (Å²) in [7, 11) is 0. The number of ketones is 1. The van der Waals surface area contributed by atoms with Crippen molar-refractivity contribution in [3.05, 3.63) is 95.6 Å². The van der Waals surface area contributed by atoms with E-state index in [9.17, 15) is 14.7 Å². The van der Waals surface area contributed by atoms with Crippen molar-refractivity contribution in [3.8, 4) is 11.5 Å². The summed E-state index contributed by atoms with van der Waals surface area (Å²) in [6, 6.07) is 23.6. The molecule has 0 aliphatic heterocycles. The van der Waals surface area contributed by atoms with E-state index in [2.05, 4.69) is 0 Å². The van der Waals surface area contributed by atoms with Gasteiger partial charge < -0.3 is 19.3 Å². The highest BCUT2D eigenvalue weighted by Gasteiger charge is 2.17. The van der Waals surface area contributed by atoms with Crippen LogP contribution in [0.2, 0.25) is 0 Å². The van der Waals surface area contributed by atoms with E-state index in [0.29, 0.717) is 55.3 Å². The topological polar surface area (TPSA) is 82.1 Å². The third-order valence-corrected chi connectivity index (χ3v) is 4.97. The fourth-order valence-corrected chi connectivity index (χ4v) is 3.25. The second-order valence-electron chi connectivity index (χ2n) is 7.40. The Kier molecular flexibility index (Phi) is 9.03. The molecule has 3 aromatic rings. The Balaban J connectivity index is 1.38. The summed E-state index contributed by atoms with van der Waals surface area (Å²) in [6.45, 7) is 3.11. The summed E-state index contributed by atoms with van der Waals surface area (Å²) >= 11 is 0. The van der Waals surface area contributed by atoms with Crippen LogP contribution in [0, 0.1) is 0 Å². The Morgan fingerprint density at radius 2 is 1.33 bits per heavy atom. The smallest absolute Gasteiger partial charge is 0.333 e. The van der Waals surface area contributed by atoms with E-state index in [1.807, 2.05) is 42.5 Å². The normalized spacial score (nSPS) is 11.5. The molecule has 0 radical (unpaired) electrons. The van der Waals surface area contributed by atoms with Crippen LogP contribution >= 0.6 is 0 Å². The maximum absolute atomic E-state index is 12.4. The summed E-state index contributed by atoms with van der Waals surface area (Å²) < 4.78 is 16.7. The first-order chi connectivity index (χ1) is 16.1. The number of hydrogen-bond acceptors (Lipinski definition) is 5. The first-order valence-electron chi connectivity index (χ1n) is 11.0. The fraction of sp³-hybridized carbons (Fsp3) is 0.259. The number of carbonyl (C=O) groups is 2. The SMILES string of the molecule is CCOC(Cc1ccc(OCCCOc2ccc(C(=O)c3ccccc3)cc2)cc1)C(=O)O. The number of benzene rings is 3. The van der Waals surface area contributed by atoms with Crippen LogP contribution in [-0.2, 0) is 16.0 Å². The molecule has 0 aliphatic carbocycles. The van der Waals surface area contributed by atoms with Gasteiger partial charge in [-0.2, -0.15) is 0 Å². The van der Waals surface area contributed by atoms with Crippen molar-refractivity contribution in [2.75, 3.05) is 19.8 Å². The van der Waals surface area contributed by atoms with Crippen molar-refractivity contribution in [2.24, 2.45) is 0 Å². The molecular weight excluding hydrogens is 420 g/mol. The van der Waals surface area contributed by atoms with Gasteiger partial charge in [0, 0.05) is 30.6 Å². The van der Waals surface area contributed by atoms with Gasteiger partial charge >= 0.3 is 5.97 Å². The molecule has 0 bridgehead atoms. The van der Waals surface area contributed by atoms with Gasteiger partial charge in [-0.05, 0) is 48.9 Å². The average molecular weight is 449 g/mol. The van der Waals surface area contributed by atoms with E-state index in [0.717, 1.165) is 5.56 Å². The van der Waals surface area contributed by atoms with Gasteiger partial charge in [0.15, 0.2) is 11.9 Å². The van der Waals surface area contributed by atoms with E-state index in [1.54, 1.807) is 43.3 Å². The molecule has 6 nitrogen and oxygen atoms in total. The predicted octanol–water partition coefficient (Wildman–Crippen LogP) is 4.80. The van der Waals surface area contributed by atoms with Gasteiger partial charge in [-0.25, -0.2) is 4.79 Å². The molecule has 0 saturated carbocycles. The summed E-state index contributed by atoms with van der Waals surface area (Å²) in [6.07, 6.45) is 0.162. The monoisotopic (exact) mass is 448 g/mol. The first-order valence-corrected chi connectivity index (χ1v) is 11.0. The maximum Gasteiger partial charge on any atom is 0.333 e. The third kappa shape index (κ3) is 7.47. The number of ether oxygens (including phenoxy) is 3. The lowest BCUT2D eigenvalue weighted by molar-refractivity contribution is -0.149. The molecule has 0 amide bonds. The number of carbonyl (C=O) groups excluding carboxylic acids is 1. The Labute approximate surface area is 193 Å². The minimum Gasteiger partial charge on any atom is -0.493 e. The third-order valence-electron chi connectivity index (χ3n) is 4.97. The van der Waals surface area contributed by atoms with Crippen molar-refractivity contribution in [1.29, 1.82) is 0 Å². The Hall–Kier alpha value is -3.64. The van der Waals surface area contributed by atoms with Gasteiger partial charge in [-0.3, -0.25) is 4.79 Å². The van der Waals surface area contributed by atoms with Crippen LogP contribution in [0.3, 0.4) is 0 Å². The van der Waals surface area contributed by atoms with Gasteiger partial charge in [0.2, 0.25) is 0 Å². The fourth-order valence-electron chi connectivity index (χ4n) is 3.25. The molecular formula is C27H28O6. The van der Waals surface area contributed by atoms with E-state index < -0.39 is 12.1 Å². The van der Waals surface area contributed by atoms with E-state index >= 15 is 0 Å². The molecule has 0 spiro atoms. The van der Waals surface area contributed by atoms with Gasteiger partial charge in [0.1, 0.15) is 11.5 Å². The molecule has 0 saturated heterocycles. The van der Waals surface area contributed by atoms with Crippen molar-refractivity contribution in [1.82, 2.24) is 0 Å². The lowest BCUT2D eigenvalue weighted by atomic mass is 10.0. The van der Waals surface area contributed by atoms with Crippen molar-refractivity contribution < 1.29 is 28.9 Å². The average Bonchev–Trinajstić information content (AvgIpc) is 2.85. The first kappa shape index (κ1) is 24.0. The second-order valence-corrected chi connectivity index (χ2v) is 7.40. The molecule has 1 unspecified atom stereocenters.